The van der Waals surface area contributed by atoms with Gasteiger partial charge in [-0.25, -0.2) is 0 Å². The molecule has 2 saturated carbocycles. The summed E-state index contributed by atoms with van der Waals surface area (Å²) in [6.07, 6.45) is 4.54. The van der Waals surface area contributed by atoms with Crippen molar-refractivity contribution in [3.05, 3.63) is 0 Å². The number of aliphatic hydroxyl groups is 1. The number of nitrogens with zero attached hydrogens (tertiary/aromatic N) is 1. The Balaban J connectivity index is 1.16. The van der Waals surface area contributed by atoms with Crippen LogP contribution < -0.4 is 11.1 Å². The monoisotopic (exact) mass is 377 g/mol. The van der Waals surface area contributed by atoms with Gasteiger partial charge in [-0.05, 0) is 50.4 Å². The first-order valence-electron chi connectivity index (χ1n) is 10.3. The lowest BCUT2D eigenvalue weighted by molar-refractivity contribution is -0.233. The minimum absolute atomic E-state index is 0.132. The fourth-order valence-electron chi connectivity index (χ4n) is 7.14. The second-order valence-electron chi connectivity index (χ2n) is 9.65. The molecule has 8 heteroatoms. The lowest BCUT2D eigenvalue weighted by Gasteiger charge is -2.56. The molecule has 5 saturated heterocycles. The molecular formula is C19H27N3O5. The van der Waals surface area contributed by atoms with Crippen LogP contribution in [0.4, 0.5) is 0 Å². The molecule has 7 aliphatic rings. The average molecular weight is 377 g/mol. The molecule has 4 N–H and O–H groups in total. The number of hydrogen-bond donors (Lipinski definition) is 3. The molecule has 148 valence electrons. The average Bonchev–Trinajstić information content (AvgIpc) is 3.20. The van der Waals surface area contributed by atoms with E-state index in [4.69, 9.17) is 15.2 Å². The molecule has 0 radical (unpaired) electrons. The molecule has 27 heavy (non-hydrogen) atoms. The number of likely N-dealkylation sites (tertiary alicyclic amines) is 1. The molecule has 0 aromatic rings. The van der Waals surface area contributed by atoms with Gasteiger partial charge in [-0.2, -0.15) is 0 Å². The van der Waals surface area contributed by atoms with Gasteiger partial charge >= 0.3 is 0 Å². The van der Waals surface area contributed by atoms with Gasteiger partial charge in [0.15, 0.2) is 0 Å². The van der Waals surface area contributed by atoms with E-state index in [1.807, 2.05) is 0 Å². The van der Waals surface area contributed by atoms with E-state index in [-0.39, 0.29) is 54.5 Å². The van der Waals surface area contributed by atoms with Crippen molar-refractivity contribution in [2.24, 2.45) is 29.4 Å². The van der Waals surface area contributed by atoms with Crippen molar-refractivity contribution in [2.45, 2.75) is 74.8 Å². The van der Waals surface area contributed by atoms with Crippen LogP contribution in [-0.2, 0) is 19.1 Å². The van der Waals surface area contributed by atoms with Gasteiger partial charge < -0.3 is 30.5 Å². The summed E-state index contributed by atoms with van der Waals surface area (Å²) in [6, 6.07) is -0.145. The quantitative estimate of drug-likeness (QED) is 0.599. The molecule has 0 aromatic carbocycles. The Labute approximate surface area is 157 Å². The summed E-state index contributed by atoms with van der Waals surface area (Å²) in [5, 5.41) is 13.8. The van der Waals surface area contributed by atoms with Crippen LogP contribution in [0.1, 0.15) is 38.5 Å². The third-order valence-corrected chi connectivity index (χ3v) is 7.85. The zero-order valence-corrected chi connectivity index (χ0v) is 15.3. The standard InChI is InChI=1S/C19H27N3O5/c20-11-4-12-14-15(16(11)26-12)18(25)22(17(14)24)7-13(23)21-19-5-8-1-9(6-19)3-10(2-8)27-19/h8-12,14-16,18,25H,1-7,20H2,(H,21,23)/t8-,9+,10+,11?,12?,14?,15?,16?,18?,19+. The van der Waals surface area contributed by atoms with E-state index in [9.17, 15) is 14.7 Å². The topological polar surface area (TPSA) is 114 Å². The molecule has 7 fully saturated rings. The van der Waals surface area contributed by atoms with E-state index in [0.29, 0.717) is 18.3 Å². The lowest BCUT2D eigenvalue weighted by Crippen LogP contribution is -2.64. The number of nitrogens with two attached hydrogens (primary N) is 1. The van der Waals surface area contributed by atoms with Crippen molar-refractivity contribution < 1.29 is 24.2 Å². The third-order valence-electron chi connectivity index (χ3n) is 7.85. The van der Waals surface area contributed by atoms with Gasteiger partial charge in [-0.1, -0.05) is 0 Å². The van der Waals surface area contributed by atoms with E-state index >= 15 is 0 Å². The van der Waals surface area contributed by atoms with Crippen LogP contribution >= 0.6 is 0 Å². The number of hydrogen-bond acceptors (Lipinski definition) is 6. The Hall–Kier alpha value is -1.22. The highest BCUT2D eigenvalue weighted by molar-refractivity contribution is 5.89. The largest absolute Gasteiger partial charge is 0.373 e. The van der Waals surface area contributed by atoms with Crippen molar-refractivity contribution in [3.63, 3.8) is 0 Å². The van der Waals surface area contributed by atoms with Gasteiger partial charge in [-0.3, -0.25) is 9.59 Å². The number of rotatable bonds is 3. The third kappa shape index (κ3) is 2.30. The number of carbonyl (C=O) groups excluding carboxylic acids is 2. The van der Waals surface area contributed by atoms with Crippen LogP contribution in [0.3, 0.4) is 0 Å². The first kappa shape index (κ1) is 16.7. The van der Waals surface area contributed by atoms with Crippen molar-refractivity contribution in [1.82, 2.24) is 10.2 Å². The zero-order chi connectivity index (χ0) is 18.5. The Bertz CT molecular complexity index is 664. The highest BCUT2D eigenvalue weighted by Gasteiger charge is 2.64. The SMILES string of the molecule is NC1CC2OC1C1C2C(=O)N(CC(=O)N[C@@]23C[C@@H]4C[C@@H](C[C@H](C4)O2)C3)C1O. The zero-order valence-electron chi connectivity index (χ0n) is 15.3. The highest BCUT2D eigenvalue weighted by atomic mass is 16.5. The van der Waals surface area contributed by atoms with Gasteiger partial charge in [-0.15, -0.1) is 0 Å². The molecule has 10 atom stereocenters. The van der Waals surface area contributed by atoms with E-state index < -0.39 is 12.0 Å². The van der Waals surface area contributed by atoms with Crippen molar-refractivity contribution >= 4 is 11.8 Å². The van der Waals surface area contributed by atoms with E-state index in [1.54, 1.807) is 0 Å². The Kier molecular flexibility index (Phi) is 3.36. The summed E-state index contributed by atoms with van der Waals surface area (Å²) >= 11 is 0. The van der Waals surface area contributed by atoms with Crippen LogP contribution in [0.25, 0.3) is 0 Å². The molecule has 5 heterocycles. The fourth-order valence-corrected chi connectivity index (χ4v) is 7.14. The number of aliphatic hydroxyl groups excluding tert-OH is 1. The second-order valence-corrected chi connectivity index (χ2v) is 9.65. The predicted molar refractivity (Wildman–Crippen MR) is 91.8 cm³/mol. The maximum Gasteiger partial charge on any atom is 0.241 e. The Morgan fingerprint density at radius 1 is 1.26 bits per heavy atom. The summed E-state index contributed by atoms with van der Waals surface area (Å²) in [5.74, 6) is 0.131. The highest BCUT2D eigenvalue weighted by Crippen LogP contribution is 2.52. The number of carbonyl (C=O) groups is 2. The van der Waals surface area contributed by atoms with Crippen molar-refractivity contribution in [3.8, 4) is 0 Å². The van der Waals surface area contributed by atoms with Gasteiger partial charge in [0.1, 0.15) is 18.5 Å². The second kappa shape index (κ2) is 5.43. The Morgan fingerprint density at radius 3 is 2.70 bits per heavy atom. The molecule has 0 aromatic heterocycles. The van der Waals surface area contributed by atoms with Gasteiger partial charge in [0.25, 0.3) is 0 Å². The molecule has 5 aliphatic heterocycles. The molecular weight excluding hydrogens is 350 g/mol. The Morgan fingerprint density at radius 2 is 2.00 bits per heavy atom. The lowest BCUT2D eigenvalue weighted by atomic mass is 9.65. The minimum Gasteiger partial charge on any atom is -0.373 e. The summed E-state index contributed by atoms with van der Waals surface area (Å²) < 4.78 is 12.0. The molecule has 2 amide bonds. The van der Waals surface area contributed by atoms with Crippen LogP contribution in [-0.4, -0.2) is 64.7 Å². The first-order valence-corrected chi connectivity index (χ1v) is 10.3. The minimum atomic E-state index is -1.01. The van der Waals surface area contributed by atoms with Crippen molar-refractivity contribution in [1.29, 1.82) is 0 Å². The van der Waals surface area contributed by atoms with Gasteiger partial charge in [0.05, 0.1) is 24.2 Å². The summed E-state index contributed by atoms with van der Waals surface area (Å²) in [5.41, 5.74) is 5.49. The van der Waals surface area contributed by atoms with Gasteiger partial charge in [0.2, 0.25) is 11.8 Å². The van der Waals surface area contributed by atoms with E-state index in [1.165, 1.54) is 11.3 Å². The number of nitrogens with one attached hydrogen (secondary N) is 1. The molecule has 0 spiro atoms. The molecule has 7 rings (SSSR count). The smallest absolute Gasteiger partial charge is 0.241 e. The predicted octanol–water partition coefficient (Wildman–Crippen LogP) is -0.701. The number of fused-ring (bicyclic) bond motifs is 5. The molecule has 6 bridgehead atoms. The van der Waals surface area contributed by atoms with Crippen LogP contribution in [0.2, 0.25) is 0 Å². The molecule has 8 nitrogen and oxygen atoms in total. The van der Waals surface area contributed by atoms with Crippen LogP contribution in [0.5, 0.6) is 0 Å². The number of ether oxygens (including phenoxy) is 2. The summed E-state index contributed by atoms with van der Waals surface area (Å²) in [7, 11) is 0. The maximum absolute atomic E-state index is 12.8. The maximum atomic E-state index is 12.8. The van der Waals surface area contributed by atoms with Crippen LogP contribution in [0.15, 0.2) is 0 Å². The number of amides is 2. The van der Waals surface area contributed by atoms with Crippen LogP contribution in [0, 0.1) is 23.7 Å². The summed E-state index contributed by atoms with van der Waals surface area (Å²) in [4.78, 5) is 26.9. The van der Waals surface area contributed by atoms with E-state index in [2.05, 4.69) is 5.32 Å². The first-order chi connectivity index (χ1) is 12.9. The van der Waals surface area contributed by atoms with Gasteiger partial charge in [0, 0.05) is 12.0 Å². The van der Waals surface area contributed by atoms with E-state index in [0.717, 1.165) is 25.7 Å². The molecule has 6 unspecified atom stereocenters. The van der Waals surface area contributed by atoms with Crippen molar-refractivity contribution in [2.75, 3.05) is 6.54 Å². The fraction of sp³-hybridized carbons (Fsp3) is 0.895. The summed E-state index contributed by atoms with van der Waals surface area (Å²) in [6.45, 7) is -0.132. The normalized spacial score (nSPS) is 54.7. The molecule has 2 aliphatic carbocycles.